The zero-order valence-corrected chi connectivity index (χ0v) is 11.9. The molecule has 1 aliphatic rings. The molecule has 1 aliphatic heterocycles. The lowest BCUT2D eigenvalue weighted by atomic mass is 9.95. The summed E-state index contributed by atoms with van der Waals surface area (Å²) >= 11 is 1.61. The van der Waals surface area contributed by atoms with Gasteiger partial charge in [-0.05, 0) is 42.2 Å². The van der Waals surface area contributed by atoms with Gasteiger partial charge in [0.2, 0.25) is 0 Å². The van der Waals surface area contributed by atoms with Gasteiger partial charge in [0.1, 0.15) is 6.04 Å². The van der Waals surface area contributed by atoms with Crippen LogP contribution >= 0.6 is 11.3 Å². The van der Waals surface area contributed by atoms with E-state index >= 15 is 0 Å². The van der Waals surface area contributed by atoms with Gasteiger partial charge in [0.25, 0.3) is 0 Å². The largest absolute Gasteiger partial charge is 0.466 e. The van der Waals surface area contributed by atoms with Crippen LogP contribution in [-0.2, 0) is 9.53 Å². The molecule has 1 unspecified atom stereocenters. The van der Waals surface area contributed by atoms with Crippen LogP contribution in [0.3, 0.4) is 0 Å². The topological polar surface area (TPSA) is 53.3 Å². The summed E-state index contributed by atoms with van der Waals surface area (Å²) in [5.74, 6) is -0.0933. The lowest BCUT2D eigenvalue weighted by Gasteiger charge is -2.33. The van der Waals surface area contributed by atoms with Crippen molar-refractivity contribution in [2.45, 2.75) is 25.8 Å². The lowest BCUT2D eigenvalue weighted by Crippen LogP contribution is -2.38. The molecule has 1 fully saturated rings. The summed E-state index contributed by atoms with van der Waals surface area (Å²) in [5.41, 5.74) is 1.06. The van der Waals surface area contributed by atoms with Gasteiger partial charge in [-0.3, -0.25) is 9.69 Å². The first-order valence-electron chi connectivity index (χ1n) is 6.58. The van der Waals surface area contributed by atoms with Crippen molar-refractivity contribution in [3.05, 3.63) is 22.4 Å². The van der Waals surface area contributed by atoms with E-state index in [4.69, 9.17) is 4.74 Å². The van der Waals surface area contributed by atoms with E-state index in [1.807, 2.05) is 23.8 Å². The third-order valence-corrected chi connectivity index (χ3v) is 4.20. The second-order valence-electron chi connectivity index (χ2n) is 4.65. The molecule has 0 saturated carbocycles. The number of carbonyl (C=O) groups excluding carboxylic acids is 1. The second-order valence-corrected chi connectivity index (χ2v) is 5.43. The highest BCUT2D eigenvalue weighted by Crippen LogP contribution is 2.28. The highest BCUT2D eigenvalue weighted by atomic mass is 32.1. The minimum atomic E-state index is -0.186. The number of piperidine rings is 1. The summed E-state index contributed by atoms with van der Waals surface area (Å²) in [7, 11) is 0. The first-order chi connectivity index (χ1) is 9.26. The Kier molecular flexibility index (Phi) is 4.94. The van der Waals surface area contributed by atoms with Gasteiger partial charge >= 0.3 is 5.97 Å². The van der Waals surface area contributed by atoms with Gasteiger partial charge in [-0.15, -0.1) is 0 Å². The highest BCUT2D eigenvalue weighted by Gasteiger charge is 2.30. The normalized spacial score (nSPS) is 18.7. The number of likely N-dealkylation sites (tertiary alicyclic amines) is 1. The van der Waals surface area contributed by atoms with Crippen molar-refractivity contribution in [2.75, 3.05) is 19.7 Å². The van der Waals surface area contributed by atoms with Crippen LogP contribution in [-0.4, -0.2) is 30.6 Å². The average molecular weight is 278 g/mol. The van der Waals surface area contributed by atoms with E-state index in [-0.39, 0.29) is 17.9 Å². The Bertz CT molecular complexity index is 445. The molecule has 1 aromatic heterocycles. The Morgan fingerprint density at radius 1 is 1.63 bits per heavy atom. The third-order valence-electron chi connectivity index (χ3n) is 3.50. The Hall–Kier alpha value is -1.38. The number of hydrogen-bond donors (Lipinski definition) is 0. The first-order valence-corrected chi connectivity index (χ1v) is 7.53. The Labute approximate surface area is 117 Å². The molecule has 1 saturated heterocycles. The van der Waals surface area contributed by atoms with Crippen LogP contribution in [0.1, 0.15) is 31.4 Å². The number of thiophene rings is 1. The summed E-state index contributed by atoms with van der Waals surface area (Å²) < 4.78 is 5.05. The van der Waals surface area contributed by atoms with E-state index in [0.717, 1.165) is 31.5 Å². The molecule has 102 valence electrons. The van der Waals surface area contributed by atoms with E-state index in [1.54, 1.807) is 11.3 Å². The summed E-state index contributed by atoms with van der Waals surface area (Å²) in [6, 6.07) is 4.17. The van der Waals surface area contributed by atoms with Gasteiger partial charge in [0, 0.05) is 13.1 Å². The van der Waals surface area contributed by atoms with E-state index in [0.29, 0.717) is 6.61 Å². The molecule has 1 atom stereocenters. The highest BCUT2D eigenvalue weighted by molar-refractivity contribution is 7.08. The van der Waals surface area contributed by atoms with Crippen LogP contribution in [0, 0.1) is 17.2 Å². The summed E-state index contributed by atoms with van der Waals surface area (Å²) in [6.07, 6.45) is 1.56. The summed E-state index contributed by atoms with van der Waals surface area (Å²) in [4.78, 5) is 13.8. The standard InChI is InChI=1S/C14H18N2O2S/c1-2-18-14(17)11-3-6-16(7-4-11)13(9-15)12-5-8-19-10-12/h5,8,10-11,13H,2-4,6-7H2,1H3. The summed E-state index contributed by atoms with van der Waals surface area (Å²) in [5, 5.41) is 13.3. The van der Waals surface area contributed by atoms with Gasteiger partial charge < -0.3 is 4.74 Å². The fourth-order valence-corrected chi connectivity index (χ4v) is 3.13. The fourth-order valence-electron chi connectivity index (χ4n) is 2.45. The molecule has 0 aliphatic carbocycles. The number of nitrogens with zero attached hydrogens (tertiary/aromatic N) is 2. The molecule has 0 aromatic carbocycles. The maximum atomic E-state index is 11.7. The molecular formula is C14H18N2O2S. The van der Waals surface area contributed by atoms with Gasteiger partial charge in [-0.1, -0.05) is 0 Å². The molecule has 2 rings (SSSR count). The predicted octanol–water partition coefficient (Wildman–Crippen LogP) is 2.59. The lowest BCUT2D eigenvalue weighted by molar-refractivity contribution is -0.149. The molecule has 0 amide bonds. The SMILES string of the molecule is CCOC(=O)C1CCN(C(C#N)c2ccsc2)CC1. The fraction of sp³-hybridized carbons (Fsp3) is 0.571. The van der Waals surface area contributed by atoms with E-state index in [9.17, 15) is 10.1 Å². The number of rotatable bonds is 4. The predicted molar refractivity (Wildman–Crippen MR) is 73.6 cm³/mol. The van der Waals surface area contributed by atoms with Crippen molar-refractivity contribution in [2.24, 2.45) is 5.92 Å². The molecule has 19 heavy (non-hydrogen) atoms. The van der Waals surface area contributed by atoms with Crippen LogP contribution in [0.5, 0.6) is 0 Å². The second kappa shape index (κ2) is 6.69. The van der Waals surface area contributed by atoms with Crippen molar-refractivity contribution in [3.63, 3.8) is 0 Å². The van der Waals surface area contributed by atoms with Crippen molar-refractivity contribution in [1.82, 2.24) is 4.90 Å². The Morgan fingerprint density at radius 2 is 2.37 bits per heavy atom. The monoisotopic (exact) mass is 278 g/mol. The van der Waals surface area contributed by atoms with Gasteiger partial charge in [0.15, 0.2) is 0 Å². The summed E-state index contributed by atoms with van der Waals surface area (Å²) in [6.45, 7) is 3.82. The minimum Gasteiger partial charge on any atom is -0.466 e. The zero-order valence-electron chi connectivity index (χ0n) is 11.0. The van der Waals surface area contributed by atoms with Gasteiger partial charge in [0.05, 0.1) is 18.6 Å². The molecule has 2 heterocycles. The third kappa shape index (κ3) is 3.34. The van der Waals surface area contributed by atoms with Gasteiger partial charge in [-0.25, -0.2) is 0 Å². The van der Waals surface area contributed by atoms with Crippen molar-refractivity contribution in [1.29, 1.82) is 5.26 Å². The number of hydrogen-bond acceptors (Lipinski definition) is 5. The van der Waals surface area contributed by atoms with E-state index in [2.05, 4.69) is 11.0 Å². The number of carbonyl (C=O) groups is 1. The molecule has 0 spiro atoms. The smallest absolute Gasteiger partial charge is 0.309 e. The number of ether oxygens (including phenoxy) is 1. The Morgan fingerprint density at radius 3 is 2.89 bits per heavy atom. The van der Waals surface area contributed by atoms with E-state index < -0.39 is 0 Å². The van der Waals surface area contributed by atoms with Crippen LogP contribution in [0.25, 0.3) is 0 Å². The first kappa shape index (κ1) is 14.0. The molecule has 1 aromatic rings. The molecule has 0 bridgehead atoms. The van der Waals surface area contributed by atoms with Crippen molar-refractivity contribution in [3.8, 4) is 6.07 Å². The molecule has 5 heteroatoms. The molecular weight excluding hydrogens is 260 g/mol. The van der Waals surface area contributed by atoms with Crippen LogP contribution in [0.4, 0.5) is 0 Å². The maximum Gasteiger partial charge on any atom is 0.309 e. The van der Waals surface area contributed by atoms with Crippen molar-refractivity contribution >= 4 is 17.3 Å². The maximum absolute atomic E-state index is 11.7. The average Bonchev–Trinajstić information content (AvgIpc) is 2.95. The van der Waals surface area contributed by atoms with Crippen LogP contribution < -0.4 is 0 Å². The molecule has 0 radical (unpaired) electrons. The quantitative estimate of drug-likeness (QED) is 0.794. The zero-order chi connectivity index (χ0) is 13.7. The molecule has 0 N–H and O–H groups in total. The number of nitriles is 1. The molecule has 4 nitrogen and oxygen atoms in total. The van der Waals surface area contributed by atoms with Crippen LogP contribution in [0.15, 0.2) is 16.8 Å². The van der Waals surface area contributed by atoms with Gasteiger partial charge in [-0.2, -0.15) is 16.6 Å². The van der Waals surface area contributed by atoms with E-state index in [1.165, 1.54) is 0 Å². The number of esters is 1. The van der Waals surface area contributed by atoms with Crippen LogP contribution in [0.2, 0.25) is 0 Å². The minimum absolute atomic E-state index is 0.00184. The Balaban J connectivity index is 1.92. The van der Waals surface area contributed by atoms with Crippen molar-refractivity contribution < 1.29 is 9.53 Å².